The molecule has 1 saturated carbocycles. The molecule has 1 aromatic rings. The Morgan fingerprint density at radius 3 is 2.61 bits per heavy atom. The lowest BCUT2D eigenvalue weighted by molar-refractivity contribution is 0.252. The van der Waals surface area contributed by atoms with Gasteiger partial charge in [0.2, 0.25) is 0 Å². The van der Waals surface area contributed by atoms with E-state index in [-0.39, 0.29) is 5.38 Å². The van der Waals surface area contributed by atoms with Gasteiger partial charge in [0.25, 0.3) is 0 Å². The highest BCUT2D eigenvalue weighted by molar-refractivity contribution is 6.32. The third-order valence-electron chi connectivity index (χ3n) is 4.19. The number of benzene rings is 1. The van der Waals surface area contributed by atoms with Gasteiger partial charge in [0.15, 0.2) is 0 Å². The van der Waals surface area contributed by atoms with Crippen LogP contribution >= 0.6 is 23.2 Å². The van der Waals surface area contributed by atoms with E-state index < -0.39 is 0 Å². The highest BCUT2D eigenvalue weighted by atomic mass is 35.5. The maximum absolute atomic E-state index is 6.67. The molecule has 0 spiro atoms. The van der Waals surface area contributed by atoms with Gasteiger partial charge in [0.1, 0.15) is 5.75 Å². The van der Waals surface area contributed by atoms with Crippen LogP contribution in [0, 0.1) is 11.3 Å². The summed E-state index contributed by atoms with van der Waals surface area (Å²) in [6.07, 6.45) is 3.72. The summed E-state index contributed by atoms with van der Waals surface area (Å²) in [6, 6.07) is 5.86. The first-order chi connectivity index (χ1) is 8.45. The molecular formula is C15H20Cl2O. The second kappa shape index (κ2) is 5.30. The Bertz CT molecular complexity index is 429. The van der Waals surface area contributed by atoms with Crippen LogP contribution < -0.4 is 4.74 Å². The molecular weight excluding hydrogens is 267 g/mol. The Balaban J connectivity index is 2.23. The molecule has 0 saturated heterocycles. The average Bonchev–Trinajstić information content (AvgIpc) is 2.68. The molecule has 3 heteroatoms. The van der Waals surface area contributed by atoms with Crippen LogP contribution in [0.3, 0.4) is 0 Å². The van der Waals surface area contributed by atoms with Crippen molar-refractivity contribution in [3.63, 3.8) is 0 Å². The summed E-state index contributed by atoms with van der Waals surface area (Å²) in [7, 11) is 1.62. The molecule has 1 aliphatic rings. The van der Waals surface area contributed by atoms with Crippen LogP contribution in [-0.2, 0) is 0 Å². The van der Waals surface area contributed by atoms with Gasteiger partial charge in [-0.15, -0.1) is 11.6 Å². The minimum absolute atomic E-state index is 0.0332. The van der Waals surface area contributed by atoms with Crippen molar-refractivity contribution >= 4 is 23.2 Å². The van der Waals surface area contributed by atoms with E-state index >= 15 is 0 Å². The predicted molar refractivity (Wildman–Crippen MR) is 77.7 cm³/mol. The van der Waals surface area contributed by atoms with Gasteiger partial charge >= 0.3 is 0 Å². The summed E-state index contributed by atoms with van der Waals surface area (Å²) in [4.78, 5) is 0. The van der Waals surface area contributed by atoms with Crippen LogP contribution in [0.15, 0.2) is 18.2 Å². The zero-order chi connectivity index (χ0) is 13.3. The molecule has 0 aliphatic heterocycles. The Labute approximate surface area is 119 Å². The molecule has 0 radical (unpaired) electrons. The lowest BCUT2D eigenvalue weighted by atomic mass is 9.78. The molecule has 1 fully saturated rings. The standard InChI is InChI=1S/C15H20Cl2O/c1-15(2)8-4-5-11(15)14(17)10-6-7-13(18-3)12(16)9-10/h6-7,9,11,14H,4-5,8H2,1-3H3. The van der Waals surface area contributed by atoms with Crippen LogP contribution in [-0.4, -0.2) is 7.11 Å². The number of halogens is 2. The van der Waals surface area contributed by atoms with E-state index in [4.69, 9.17) is 27.9 Å². The zero-order valence-electron chi connectivity index (χ0n) is 11.2. The molecule has 0 N–H and O–H groups in total. The van der Waals surface area contributed by atoms with E-state index in [1.807, 2.05) is 18.2 Å². The minimum Gasteiger partial charge on any atom is -0.495 e. The number of hydrogen-bond acceptors (Lipinski definition) is 1. The van der Waals surface area contributed by atoms with E-state index in [1.165, 1.54) is 19.3 Å². The third kappa shape index (κ3) is 2.62. The molecule has 100 valence electrons. The van der Waals surface area contributed by atoms with Crippen molar-refractivity contribution in [1.29, 1.82) is 0 Å². The Kier molecular flexibility index (Phi) is 4.13. The fourth-order valence-electron chi connectivity index (χ4n) is 2.98. The van der Waals surface area contributed by atoms with Crippen molar-refractivity contribution in [1.82, 2.24) is 0 Å². The van der Waals surface area contributed by atoms with E-state index in [1.54, 1.807) is 7.11 Å². The molecule has 0 amide bonds. The van der Waals surface area contributed by atoms with Crippen molar-refractivity contribution in [3.8, 4) is 5.75 Å². The van der Waals surface area contributed by atoms with Gasteiger partial charge in [0, 0.05) is 0 Å². The first-order valence-corrected chi connectivity index (χ1v) is 7.24. The molecule has 18 heavy (non-hydrogen) atoms. The number of ether oxygens (including phenoxy) is 1. The quantitative estimate of drug-likeness (QED) is 0.671. The van der Waals surface area contributed by atoms with Crippen molar-refractivity contribution in [3.05, 3.63) is 28.8 Å². The minimum atomic E-state index is 0.0332. The van der Waals surface area contributed by atoms with Crippen molar-refractivity contribution < 1.29 is 4.74 Å². The highest BCUT2D eigenvalue weighted by Gasteiger charge is 2.39. The number of hydrogen-bond donors (Lipinski definition) is 0. The molecule has 2 unspecified atom stereocenters. The van der Waals surface area contributed by atoms with Gasteiger partial charge in [-0.2, -0.15) is 0 Å². The molecule has 1 aromatic carbocycles. The van der Waals surface area contributed by atoms with E-state index in [0.717, 1.165) is 5.56 Å². The third-order valence-corrected chi connectivity index (χ3v) is 5.04. The molecule has 0 heterocycles. The maximum atomic E-state index is 6.67. The van der Waals surface area contributed by atoms with Gasteiger partial charge in [-0.05, 0) is 41.9 Å². The van der Waals surface area contributed by atoms with Crippen molar-refractivity contribution in [2.24, 2.45) is 11.3 Å². The van der Waals surface area contributed by atoms with Crippen molar-refractivity contribution in [2.45, 2.75) is 38.5 Å². The largest absolute Gasteiger partial charge is 0.495 e. The Morgan fingerprint density at radius 1 is 1.39 bits per heavy atom. The van der Waals surface area contributed by atoms with Gasteiger partial charge in [-0.3, -0.25) is 0 Å². The summed E-state index contributed by atoms with van der Waals surface area (Å²) < 4.78 is 5.17. The van der Waals surface area contributed by atoms with Crippen LogP contribution in [0.4, 0.5) is 0 Å². The van der Waals surface area contributed by atoms with Crippen LogP contribution in [0.2, 0.25) is 5.02 Å². The molecule has 1 nitrogen and oxygen atoms in total. The van der Waals surface area contributed by atoms with E-state index in [9.17, 15) is 0 Å². The summed E-state index contributed by atoms with van der Waals surface area (Å²) in [6.45, 7) is 4.62. The second-order valence-electron chi connectivity index (χ2n) is 5.78. The Hall–Kier alpha value is -0.400. The van der Waals surface area contributed by atoms with Crippen molar-refractivity contribution in [2.75, 3.05) is 7.11 Å². The second-order valence-corrected chi connectivity index (χ2v) is 6.66. The molecule has 1 aliphatic carbocycles. The van der Waals surface area contributed by atoms with Gasteiger partial charge in [-0.1, -0.05) is 37.9 Å². The number of methoxy groups -OCH3 is 1. The molecule has 0 aromatic heterocycles. The Morgan fingerprint density at radius 2 is 2.11 bits per heavy atom. The zero-order valence-corrected chi connectivity index (χ0v) is 12.7. The summed E-state index contributed by atoms with van der Waals surface area (Å²) in [5.74, 6) is 1.22. The first-order valence-electron chi connectivity index (χ1n) is 6.43. The maximum Gasteiger partial charge on any atom is 0.137 e. The number of alkyl halides is 1. The monoisotopic (exact) mass is 286 g/mol. The normalized spacial score (nSPS) is 23.9. The SMILES string of the molecule is COc1ccc(C(Cl)C2CCCC2(C)C)cc1Cl. The summed E-state index contributed by atoms with van der Waals surface area (Å²) in [5, 5.41) is 0.669. The topological polar surface area (TPSA) is 9.23 Å². The van der Waals surface area contributed by atoms with Crippen LogP contribution in [0.25, 0.3) is 0 Å². The average molecular weight is 287 g/mol. The summed E-state index contributed by atoms with van der Waals surface area (Å²) in [5.41, 5.74) is 1.42. The fraction of sp³-hybridized carbons (Fsp3) is 0.600. The van der Waals surface area contributed by atoms with Crippen LogP contribution in [0.1, 0.15) is 44.1 Å². The molecule has 2 atom stereocenters. The lowest BCUT2D eigenvalue weighted by Crippen LogP contribution is -2.21. The summed E-state index contributed by atoms with van der Waals surface area (Å²) >= 11 is 12.8. The fourth-order valence-corrected chi connectivity index (χ4v) is 3.85. The van der Waals surface area contributed by atoms with E-state index in [0.29, 0.717) is 22.1 Å². The molecule has 2 rings (SSSR count). The molecule has 0 bridgehead atoms. The predicted octanol–water partition coefficient (Wildman–Crippen LogP) is 5.45. The van der Waals surface area contributed by atoms with Crippen LogP contribution in [0.5, 0.6) is 5.75 Å². The van der Waals surface area contributed by atoms with Gasteiger partial charge in [0.05, 0.1) is 17.5 Å². The highest BCUT2D eigenvalue weighted by Crippen LogP contribution is 2.51. The van der Waals surface area contributed by atoms with E-state index in [2.05, 4.69) is 13.8 Å². The van der Waals surface area contributed by atoms with Gasteiger partial charge < -0.3 is 4.74 Å². The smallest absolute Gasteiger partial charge is 0.137 e. The lowest BCUT2D eigenvalue weighted by Gasteiger charge is -2.31. The first kappa shape index (κ1) is 14.0. The number of rotatable bonds is 3. The van der Waals surface area contributed by atoms with Gasteiger partial charge in [-0.25, -0.2) is 0 Å².